The lowest BCUT2D eigenvalue weighted by molar-refractivity contribution is -0.383. The number of rotatable bonds is 5. The van der Waals surface area contributed by atoms with Gasteiger partial charge in [-0.3, -0.25) is 24.8 Å². The summed E-state index contributed by atoms with van der Waals surface area (Å²) in [4.78, 5) is 32.2. The summed E-state index contributed by atoms with van der Waals surface area (Å²) in [5, 5.41) is 15.7. The molecule has 0 unspecified atom stereocenters. The third-order valence-corrected chi connectivity index (χ3v) is 6.59. The standard InChI is InChI=1S/C23H24BrN5O3/c1-15-3-4-20(19(24)13-15)26-23(30)16(2)27-9-11-28(12-10-27)21-5-6-22(29(31)32)18-14-25-8-7-17(18)21/h3-8,13-14,16H,9-12H2,1-2H3,(H,26,30)/t16-/m0/s1. The van der Waals surface area contributed by atoms with Crippen molar-refractivity contribution in [3.8, 4) is 0 Å². The molecule has 32 heavy (non-hydrogen) atoms. The minimum absolute atomic E-state index is 0.0464. The highest BCUT2D eigenvalue weighted by Crippen LogP contribution is 2.33. The fraction of sp³-hybridized carbons (Fsp3) is 0.304. The lowest BCUT2D eigenvalue weighted by atomic mass is 10.1. The first-order chi connectivity index (χ1) is 15.3. The van der Waals surface area contributed by atoms with Gasteiger partial charge in [0.15, 0.2) is 0 Å². The van der Waals surface area contributed by atoms with E-state index in [-0.39, 0.29) is 22.6 Å². The summed E-state index contributed by atoms with van der Waals surface area (Å²) in [6.45, 7) is 6.80. The number of nitro groups is 1. The first kappa shape index (κ1) is 22.2. The number of halogens is 1. The van der Waals surface area contributed by atoms with Crippen molar-refractivity contribution in [2.45, 2.75) is 19.9 Å². The van der Waals surface area contributed by atoms with Gasteiger partial charge in [-0.05, 0) is 59.6 Å². The summed E-state index contributed by atoms with van der Waals surface area (Å²) >= 11 is 3.51. The molecular formula is C23H24BrN5O3. The maximum atomic E-state index is 12.8. The average Bonchev–Trinajstić information content (AvgIpc) is 2.79. The minimum atomic E-state index is -0.377. The second kappa shape index (κ2) is 9.22. The molecule has 9 heteroatoms. The number of anilines is 2. The quantitative estimate of drug-likeness (QED) is 0.415. The number of carbonyl (C=O) groups excluding carboxylic acids is 1. The van der Waals surface area contributed by atoms with Gasteiger partial charge in [0.25, 0.3) is 5.69 Å². The van der Waals surface area contributed by atoms with E-state index in [9.17, 15) is 14.9 Å². The van der Waals surface area contributed by atoms with Crippen molar-refractivity contribution in [1.82, 2.24) is 9.88 Å². The molecule has 1 amide bonds. The van der Waals surface area contributed by atoms with Gasteiger partial charge >= 0.3 is 0 Å². The van der Waals surface area contributed by atoms with Gasteiger partial charge in [0, 0.05) is 60.2 Å². The number of aryl methyl sites for hydroxylation is 1. The fourth-order valence-corrected chi connectivity index (χ4v) is 4.66. The van der Waals surface area contributed by atoms with Crippen LogP contribution >= 0.6 is 15.9 Å². The van der Waals surface area contributed by atoms with Crippen LogP contribution in [0.1, 0.15) is 12.5 Å². The lowest BCUT2D eigenvalue weighted by Gasteiger charge is -2.39. The van der Waals surface area contributed by atoms with Crippen molar-refractivity contribution in [2.75, 3.05) is 36.4 Å². The molecule has 1 atom stereocenters. The zero-order valence-corrected chi connectivity index (χ0v) is 19.5. The molecule has 166 valence electrons. The highest BCUT2D eigenvalue weighted by molar-refractivity contribution is 9.10. The van der Waals surface area contributed by atoms with E-state index in [0.29, 0.717) is 18.5 Å². The Hall–Kier alpha value is -3.04. The molecule has 3 aromatic rings. The number of hydrogen-bond donors (Lipinski definition) is 1. The number of amides is 1. The number of pyridine rings is 1. The van der Waals surface area contributed by atoms with Crippen molar-refractivity contribution < 1.29 is 9.72 Å². The molecule has 0 radical (unpaired) electrons. The Morgan fingerprint density at radius 1 is 1.16 bits per heavy atom. The van der Waals surface area contributed by atoms with E-state index in [1.54, 1.807) is 24.5 Å². The van der Waals surface area contributed by atoms with Crippen LogP contribution in [-0.4, -0.2) is 52.9 Å². The van der Waals surface area contributed by atoms with Gasteiger partial charge in [0.05, 0.1) is 22.0 Å². The Balaban J connectivity index is 1.44. The van der Waals surface area contributed by atoms with Gasteiger partial charge in [0.1, 0.15) is 0 Å². The van der Waals surface area contributed by atoms with Crippen molar-refractivity contribution in [3.05, 3.63) is 68.9 Å². The molecule has 1 N–H and O–H groups in total. The largest absolute Gasteiger partial charge is 0.368 e. The number of nitrogens with one attached hydrogen (secondary N) is 1. The van der Waals surface area contributed by atoms with Crippen molar-refractivity contribution >= 4 is 49.7 Å². The lowest BCUT2D eigenvalue weighted by Crippen LogP contribution is -2.52. The summed E-state index contributed by atoms with van der Waals surface area (Å²) in [6.07, 6.45) is 3.20. The van der Waals surface area contributed by atoms with Crippen LogP contribution < -0.4 is 10.2 Å². The molecule has 0 spiro atoms. The van der Waals surface area contributed by atoms with E-state index in [1.165, 1.54) is 0 Å². The van der Waals surface area contributed by atoms with Crippen LogP contribution in [0.3, 0.4) is 0 Å². The molecule has 4 rings (SSSR count). The molecular weight excluding hydrogens is 474 g/mol. The summed E-state index contributed by atoms with van der Waals surface area (Å²) in [5.41, 5.74) is 2.89. The highest BCUT2D eigenvalue weighted by Gasteiger charge is 2.27. The Morgan fingerprint density at radius 3 is 2.59 bits per heavy atom. The van der Waals surface area contributed by atoms with E-state index < -0.39 is 0 Å². The first-order valence-corrected chi connectivity index (χ1v) is 11.2. The molecule has 1 saturated heterocycles. The topological polar surface area (TPSA) is 91.6 Å². The Kier molecular flexibility index (Phi) is 6.38. The third-order valence-electron chi connectivity index (χ3n) is 5.93. The molecule has 0 saturated carbocycles. The van der Waals surface area contributed by atoms with Gasteiger partial charge in [0.2, 0.25) is 5.91 Å². The van der Waals surface area contributed by atoms with Crippen molar-refractivity contribution in [3.63, 3.8) is 0 Å². The van der Waals surface area contributed by atoms with Gasteiger partial charge in [-0.1, -0.05) is 6.07 Å². The minimum Gasteiger partial charge on any atom is -0.368 e. The van der Waals surface area contributed by atoms with Crippen LogP contribution in [0.4, 0.5) is 17.1 Å². The molecule has 0 bridgehead atoms. The predicted octanol–water partition coefficient (Wildman–Crippen LogP) is 4.36. The summed E-state index contributed by atoms with van der Waals surface area (Å²) in [5.74, 6) is -0.0464. The number of piperazine rings is 1. The van der Waals surface area contributed by atoms with Gasteiger partial charge in [-0.15, -0.1) is 0 Å². The second-order valence-electron chi connectivity index (χ2n) is 7.95. The Bertz CT molecular complexity index is 1180. The third kappa shape index (κ3) is 4.44. The van der Waals surface area contributed by atoms with Crippen LogP contribution in [0.5, 0.6) is 0 Å². The number of benzene rings is 2. The van der Waals surface area contributed by atoms with Crippen LogP contribution in [-0.2, 0) is 4.79 Å². The fourth-order valence-electron chi connectivity index (χ4n) is 4.07. The number of nitro benzene ring substituents is 1. The monoisotopic (exact) mass is 497 g/mol. The van der Waals surface area contributed by atoms with E-state index >= 15 is 0 Å². The predicted molar refractivity (Wildman–Crippen MR) is 129 cm³/mol. The molecule has 1 aliphatic heterocycles. The summed E-state index contributed by atoms with van der Waals surface area (Å²) in [6, 6.07) is 10.7. The van der Waals surface area contributed by atoms with E-state index in [0.717, 1.165) is 39.9 Å². The van der Waals surface area contributed by atoms with Crippen molar-refractivity contribution in [1.29, 1.82) is 0 Å². The molecule has 2 heterocycles. The smallest absolute Gasteiger partial charge is 0.278 e. The maximum absolute atomic E-state index is 12.8. The summed E-state index contributed by atoms with van der Waals surface area (Å²) in [7, 11) is 0. The number of non-ortho nitro benzene ring substituents is 1. The zero-order valence-electron chi connectivity index (χ0n) is 17.9. The Labute approximate surface area is 194 Å². The molecule has 0 aliphatic carbocycles. The molecule has 1 fully saturated rings. The number of fused-ring (bicyclic) bond motifs is 1. The zero-order chi connectivity index (χ0) is 22.8. The number of hydrogen-bond acceptors (Lipinski definition) is 6. The van der Waals surface area contributed by atoms with Crippen molar-refractivity contribution in [2.24, 2.45) is 0 Å². The van der Waals surface area contributed by atoms with E-state index in [2.05, 4.69) is 36.0 Å². The molecule has 2 aromatic carbocycles. The van der Waals surface area contributed by atoms with Gasteiger partial charge < -0.3 is 10.2 Å². The number of carbonyl (C=O) groups is 1. The molecule has 1 aliphatic rings. The maximum Gasteiger partial charge on any atom is 0.278 e. The number of aromatic nitrogens is 1. The summed E-state index contributed by atoms with van der Waals surface area (Å²) < 4.78 is 0.863. The molecule has 1 aromatic heterocycles. The van der Waals surface area contributed by atoms with Gasteiger partial charge in [-0.2, -0.15) is 0 Å². The highest BCUT2D eigenvalue weighted by atomic mass is 79.9. The second-order valence-corrected chi connectivity index (χ2v) is 8.81. The van der Waals surface area contributed by atoms with E-state index in [4.69, 9.17) is 0 Å². The van der Waals surface area contributed by atoms with Crippen LogP contribution in [0, 0.1) is 17.0 Å². The molecule has 8 nitrogen and oxygen atoms in total. The van der Waals surface area contributed by atoms with Crippen LogP contribution in [0.25, 0.3) is 10.8 Å². The van der Waals surface area contributed by atoms with Crippen LogP contribution in [0.15, 0.2) is 53.3 Å². The Morgan fingerprint density at radius 2 is 1.91 bits per heavy atom. The SMILES string of the molecule is Cc1ccc(NC(=O)[C@H](C)N2CCN(c3ccc([N+](=O)[O-])c4cnccc34)CC2)c(Br)c1. The van der Waals surface area contributed by atoms with Crippen LogP contribution in [0.2, 0.25) is 0 Å². The van der Waals surface area contributed by atoms with Gasteiger partial charge in [-0.25, -0.2) is 0 Å². The first-order valence-electron chi connectivity index (χ1n) is 10.4. The normalized spacial score (nSPS) is 15.5. The average molecular weight is 498 g/mol. The number of nitrogens with zero attached hydrogens (tertiary/aromatic N) is 4. The van der Waals surface area contributed by atoms with E-state index in [1.807, 2.05) is 38.1 Å².